The molecule has 0 bridgehead atoms. The SMILES string of the molecule is c1ccc(C2N=C(n3c4ccccc4c4ccccc43)N=C(c3cc(-n4c5cc6ccccc6cc5c5ccc6ccccc6c54)c4c(c3)oc3ccccc34)N2)cc1. The molecule has 0 radical (unpaired) electrons. The second-order valence-electron chi connectivity index (χ2n) is 15.4. The molecule has 13 rings (SSSR count). The fourth-order valence-corrected chi connectivity index (χ4v) is 9.48. The summed E-state index contributed by atoms with van der Waals surface area (Å²) in [5.41, 5.74) is 9.00. The lowest BCUT2D eigenvalue weighted by Crippen LogP contribution is -2.35. The van der Waals surface area contributed by atoms with Crippen molar-refractivity contribution in [3.63, 3.8) is 0 Å². The highest BCUT2D eigenvalue weighted by molar-refractivity contribution is 6.23. The molecule has 12 aromatic rings. The van der Waals surface area contributed by atoms with Gasteiger partial charge in [-0.25, -0.2) is 4.99 Å². The first-order valence-electron chi connectivity index (χ1n) is 20.0. The standard InChI is InChI=1S/C53H33N5O/c1-2-15-33(16-3-1)51-54-52(56-53(55-51)58-43-23-11-8-20-38(43)39-21-9-12-24-44(39)58)36-30-46(49-41-22-10-13-25-47(41)59-48(49)31-36)57-45-29-35-18-5-4-17-34(35)28-42(45)40-27-26-32-14-6-7-19-37(32)50(40)57/h1-31,51H,(H,54,55,56). The van der Waals surface area contributed by atoms with Crippen LogP contribution in [0, 0.1) is 0 Å². The summed E-state index contributed by atoms with van der Waals surface area (Å²) in [5.74, 6) is 1.33. The van der Waals surface area contributed by atoms with Gasteiger partial charge in [-0.1, -0.05) is 146 Å². The highest BCUT2D eigenvalue weighted by atomic mass is 16.3. The Morgan fingerprint density at radius 2 is 1.10 bits per heavy atom. The van der Waals surface area contributed by atoms with Crippen molar-refractivity contribution in [2.75, 3.05) is 0 Å². The summed E-state index contributed by atoms with van der Waals surface area (Å²) < 4.78 is 11.5. The van der Waals surface area contributed by atoms with E-state index in [0.29, 0.717) is 11.8 Å². The summed E-state index contributed by atoms with van der Waals surface area (Å²) in [6, 6.07) is 66.8. The Morgan fingerprint density at radius 1 is 0.458 bits per heavy atom. The van der Waals surface area contributed by atoms with E-state index in [4.69, 9.17) is 14.4 Å². The van der Waals surface area contributed by atoms with Crippen LogP contribution in [0.2, 0.25) is 0 Å². The van der Waals surface area contributed by atoms with Crippen LogP contribution in [0.5, 0.6) is 0 Å². The molecule has 0 saturated carbocycles. The highest BCUT2D eigenvalue weighted by Crippen LogP contribution is 2.43. The molecular weight excluding hydrogens is 723 g/mol. The molecule has 3 aromatic heterocycles. The van der Waals surface area contributed by atoms with Crippen molar-refractivity contribution in [1.29, 1.82) is 0 Å². The molecule has 6 nitrogen and oxygen atoms in total. The average molecular weight is 756 g/mol. The number of fused-ring (bicyclic) bond motifs is 12. The zero-order valence-electron chi connectivity index (χ0n) is 31.7. The van der Waals surface area contributed by atoms with Crippen molar-refractivity contribution >= 4 is 98.9 Å². The monoisotopic (exact) mass is 755 g/mol. The molecule has 1 unspecified atom stereocenters. The number of furan rings is 1. The first-order valence-corrected chi connectivity index (χ1v) is 20.0. The number of amidine groups is 1. The molecule has 1 N–H and O–H groups in total. The van der Waals surface area contributed by atoms with Crippen LogP contribution in [0.1, 0.15) is 17.3 Å². The smallest absolute Gasteiger partial charge is 0.234 e. The van der Waals surface area contributed by atoms with E-state index in [2.05, 4.69) is 190 Å². The lowest BCUT2D eigenvalue weighted by molar-refractivity contribution is 0.664. The van der Waals surface area contributed by atoms with Crippen molar-refractivity contribution < 1.29 is 4.42 Å². The van der Waals surface area contributed by atoms with Crippen molar-refractivity contribution in [3.05, 3.63) is 199 Å². The van der Waals surface area contributed by atoms with Gasteiger partial charge >= 0.3 is 0 Å². The summed E-state index contributed by atoms with van der Waals surface area (Å²) in [7, 11) is 0. The molecule has 0 saturated heterocycles. The van der Waals surface area contributed by atoms with Gasteiger partial charge in [0, 0.05) is 37.9 Å². The van der Waals surface area contributed by atoms with E-state index in [1.807, 2.05) is 12.1 Å². The van der Waals surface area contributed by atoms with Gasteiger partial charge in [0.25, 0.3) is 0 Å². The van der Waals surface area contributed by atoms with Gasteiger partial charge in [0.2, 0.25) is 5.96 Å². The van der Waals surface area contributed by atoms with Crippen LogP contribution < -0.4 is 5.32 Å². The van der Waals surface area contributed by atoms with E-state index in [9.17, 15) is 0 Å². The summed E-state index contributed by atoms with van der Waals surface area (Å²) in [4.78, 5) is 10.8. The van der Waals surface area contributed by atoms with Crippen LogP contribution in [-0.4, -0.2) is 20.9 Å². The van der Waals surface area contributed by atoms with Crippen LogP contribution in [0.3, 0.4) is 0 Å². The maximum absolute atomic E-state index is 6.80. The van der Waals surface area contributed by atoms with Gasteiger partial charge in [0.15, 0.2) is 0 Å². The number of para-hydroxylation sites is 3. The van der Waals surface area contributed by atoms with Gasteiger partial charge in [0.05, 0.1) is 33.1 Å². The first-order chi connectivity index (χ1) is 29.2. The third-order valence-electron chi connectivity index (χ3n) is 12.1. The van der Waals surface area contributed by atoms with E-state index >= 15 is 0 Å². The second-order valence-corrected chi connectivity index (χ2v) is 15.4. The fraction of sp³-hybridized carbons (Fsp3) is 0.0189. The molecule has 276 valence electrons. The van der Waals surface area contributed by atoms with E-state index in [1.165, 1.54) is 32.3 Å². The number of benzene rings is 9. The molecule has 4 heterocycles. The highest BCUT2D eigenvalue weighted by Gasteiger charge is 2.27. The molecule has 59 heavy (non-hydrogen) atoms. The minimum Gasteiger partial charge on any atom is -0.456 e. The van der Waals surface area contributed by atoms with E-state index in [0.717, 1.165) is 71.6 Å². The molecule has 1 atom stereocenters. The predicted octanol–water partition coefficient (Wildman–Crippen LogP) is 13.1. The number of aliphatic imine (C=N–C) groups is 2. The van der Waals surface area contributed by atoms with Gasteiger partial charge in [-0.2, -0.15) is 4.99 Å². The fourth-order valence-electron chi connectivity index (χ4n) is 9.48. The van der Waals surface area contributed by atoms with Crippen LogP contribution in [0.4, 0.5) is 0 Å². The van der Waals surface area contributed by atoms with E-state index in [-0.39, 0.29) is 0 Å². The Labute approximate surface area is 337 Å². The number of aromatic nitrogens is 2. The zero-order valence-corrected chi connectivity index (χ0v) is 31.7. The molecule has 0 aliphatic carbocycles. The molecule has 0 spiro atoms. The van der Waals surface area contributed by atoms with Crippen molar-refractivity contribution in [2.45, 2.75) is 6.17 Å². The third-order valence-corrected chi connectivity index (χ3v) is 12.1. The lowest BCUT2D eigenvalue weighted by Gasteiger charge is -2.24. The minimum absolute atomic E-state index is 0.392. The molecule has 9 aromatic carbocycles. The number of hydrogen-bond acceptors (Lipinski definition) is 4. The first kappa shape index (κ1) is 32.2. The molecule has 0 amide bonds. The van der Waals surface area contributed by atoms with Gasteiger partial charge in [-0.15, -0.1) is 0 Å². The summed E-state index contributed by atoms with van der Waals surface area (Å²) in [6.45, 7) is 0. The maximum atomic E-state index is 6.80. The lowest BCUT2D eigenvalue weighted by atomic mass is 10.0. The van der Waals surface area contributed by atoms with Crippen LogP contribution in [0.15, 0.2) is 202 Å². The average Bonchev–Trinajstić information content (AvgIpc) is 3.96. The minimum atomic E-state index is -0.392. The van der Waals surface area contributed by atoms with Crippen molar-refractivity contribution in [1.82, 2.24) is 14.5 Å². The summed E-state index contributed by atoms with van der Waals surface area (Å²) >= 11 is 0. The Bertz CT molecular complexity index is 3720. The van der Waals surface area contributed by atoms with E-state index in [1.54, 1.807) is 0 Å². The molecule has 0 fully saturated rings. The summed E-state index contributed by atoms with van der Waals surface area (Å²) in [5, 5.41) is 15.4. The predicted molar refractivity (Wildman–Crippen MR) is 244 cm³/mol. The number of hydrogen-bond donors (Lipinski definition) is 1. The molecule has 1 aliphatic heterocycles. The Morgan fingerprint density at radius 3 is 1.88 bits per heavy atom. The van der Waals surface area contributed by atoms with Gasteiger partial charge in [0.1, 0.15) is 23.2 Å². The van der Waals surface area contributed by atoms with Crippen LogP contribution in [0.25, 0.3) is 92.8 Å². The molecule has 6 heteroatoms. The Hall–Kier alpha value is -7.96. The zero-order chi connectivity index (χ0) is 38.6. The number of rotatable bonds is 3. The van der Waals surface area contributed by atoms with Gasteiger partial charge < -0.3 is 14.3 Å². The maximum Gasteiger partial charge on any atom is 0.234 e. The normalized spacial score (nSPS) is 14.6. The van der Waals surface area contributed by atoms with Crippen molar-refractivity contribution in [2.24, 2.45) is 9.98 Å². The van der Waals surface area contributed by atoms with Gasteiger partial charge in [-0.3, -0.25) is 4.57 Å². The Kier molecular flexibility index (Phi) is 6.69. The summed E-state index contributed by atoms with van der Waals surface area (Å²) in [6.07, 6.45) is -0.392. The molecular formula is C53H33N5O. The topological polar surface area (TPSA) is 59.8 Å². The van der Waals surface area contributed by atoms with Gasteiger partial charge in [-0.05, 0) is 64.2 Å². The second kappa shape index (κ2) is 12.3. The largest absolute Gasteiger partial charge is 0.456 e. The Balaban J connectivity index is 1.14. The third kappa shape index (κ3) is 4.74. The van der Waals surface area contributed by atoms with Crippen LogP contribution in [-0.2, 0) is 0 Å². The van der Waals surface area contributed by atoms with Crippen molar-refractivity contribution in [3.8, 4) is 5.69 Å². The van der Waals surface area contributed by atoms with Crippen LogP contribution >= 0.6 is 0 Å². The number of nitrogens with zero attached hydrogens (tertiary/aromatic N) is 4. The van der Waals surface area contributed by atoms with E-state index < -0.39 is 6.17 Å². The number of nitrogens with one attached hydrogen (secondary N) is 1. The quantitative estimate of drug-likeness (QED) is 0.195. The molecule has 1 aliphatic rings.